The van der Waals surface area contributed by atoms with Gasteiger partial charge in [-0.25, -0.2) is 9.50 Å². The highest BCUT2D eigenvalue weighted by molar-refractivity contribution is 9.10. The maximum absolute atomic E-state index is 5.60. The molecule has 0 saturated carbocycles. The second-order valence-corrected chi connectivity index (χ2v) is 5.54. The average Bonchev–Trinajstić information content (AvgIpc) is 2.54. The quantitative estimate of drug-likeness (QED) is 0.873. The summed E-state index contributed by atoms with van der Waals surface area (Å²) in [6.07, 6.45) is 0. The third kappa shape index (κ3) is 1.85. The Bertz CT molecular complexity index is 524. The van der Waals surface area contributed by atoms with Gasteiger partial charge in [0.25, 0.3) is 0 Å². The number of nitrogens with two attached hydrogens (primary N) is 1. The highest BCUT2D eigenvalue weighted by atomic mass is 79.9. The second kappa shape index (κ2) is 3.82. The molecule has 0 aromatic carbocycles. The van der Waals surface area contributed by atoms with Crippen molar-refractivity contribution in [2.75, 3.05) is 0 Å². The fraction of sp³-hybridized carbons (Fsp3) is 0.455. The summed E-state index contributed by atoms with van der Waals surface area (Å²) in [5.41, 5.74) is 8.31. The van der Waals surface area contributed by atoms with Gasteiger partial charge >= 0.3 is 0 Å². The third-order valence-electron chi connectivity index (χ3n) is 2.45. The first kappa shape index (κ1) is 11.5. The van der Waals surface area contributed by atoms with E-state index < -0.39 is 0 Å². The molecule has 0 spiro atoms. The van der Waals surface area contributed by atoms with Crippen LogP contribution in [0.25, 0.3) is 5.65 Å². The van der Waals surface area contributed by atoms with Crippen LogP contribution in [0.1, 0.15) is 32.2 Å². The summed E-state index contributed by atoms with van der Waals surface area (Å²) in [5.74, 6) is 0. The molecule has 0 radical (unpaired) electrons. The molecule has 0 aliphatic heterocycles. The Morgan fingerprint density at radius 3 is 2.62 bits per heavy atom. The fourth-order valence-corrected chi connectivity index (χ4v) is 1.99. The van der Waals surface area contributed by atoms with Crippen LogP contribution < -0.4 is 5.73 Å². The molecule has 2 N–H and O–H groups in total. The van der Waals surface area contributed by atoms with E-state index in [1.165, 1.54) is 0 Å². The summed E-state index contributed by atoms with van der Waals surface area (Å²) < 4.78 is 2.64. The molecule has 0 amide bonds. The van der Waals surface area contributed by atoms with Crippen molar-refractivity contribution in [2.45, 2.75) is 32.7 Å². The number of hydrogen-bond donors (Lipinski definition) is 1. The average molecular weight is 283 g/mol. The van der Waals surface area contributed by atoms with E-state index in [0.717, 1.165) is 21.6 Å². The van der Waals surface area contributed by atoms with Gasteiger partial charge in [0.2, 0.25) is 0 Å². The molecule has 5 heteroatoms. The van der Waals surface area contributed by atoms with E-state index in [9.17, 15) is 0 Å². The summed E-state index contributed by atoms with van der Waals surface area (Å²) in [6, 6.07) is 3.98. The van der Waals surface area contributed by atoms with E-state index in [1.807, 2.05) is 12.1 Å². The van der Waals surface area contributed by atoms with Crippen LogP contribution in [0.15, 0.2) is 16.7 Å². The smallest absolute Gasteiger partial charge is 0.155 e. The maximum Gasteiger partial charge on any atom is 0.155 e. The van der Waals surface area contributed by atoms with Gasteiger partial charge in [-0.05, 0) is 28.1 Å². The van der Waals surface area contributed by atoms with Crippen molar-refractivity contribution in [1.82, 2.24) is 14.6 Å². The topological polar surface area (TPSA) is 56.2 Å². The predicted octanol–water partition coefficient (Wildman–Crippen LogP) is 2.25. The number of halogens is 1. The molecule has 2 aromatic rings. The molecule has 0 atom stereocenters. The summed E-state index contributed by atoms with van der Waals surface area (Å²) in [7, 11) is 0. The Balaban J connectivity index is 2.66. The minimum absolute atomic E-state index is 0.0285. The van der Waals surface area contributed by atoms with Crippen LogP contribution >= 0.6 is 15.9 Å². The first-order valence-electron chi connectivity index (χ1n) is 5.18. The molecule has 16 heavy (non-hydrogen) atoms. The van der Waals surface area contributed by atoms with Crippen molar-refractivity contribution in [3.63, 3.8) is 0 Å². The van der Waals surface area contributed by atoms with Crippen LogP contribution in [-0.4, -0.2) is 14.6 Å². The SMILES string of the molecule is CC(C)(C)c1ccc2nc(CN)c(Br)n2n1. The molecule has 2 aromatic heterocycles. The minimum Gasteiger partial charge on any atom is -0.325 e. The lowest BCUT2D eigenvalue weighted by molar-refractivity contribution is 0.553. The Morgan fingerprint density at radius 1 is 1.38 bits per heavy atom. The first-order chi connectivity index (χ1) is 7.43. The van der Waals surface area contributed by atoms with Gasteiger partial charge in [-0.1, -0.05) is 20.8 Å². The van der Waals surface area contributed by atoms with Crippen LogP contribution in [0, 0.1) is 0 Å². The highest BCUT2D eigenvalue weighted by Gasteiger charge is 2.17. The summed E-state index contributed by atoms with van der Waals surface area (Å²) in [6.45, 7) is 6.82. The van der Waals surface area contributed by atoms with Gasteiger partial charge in [0.05, 0.1) is 11.4 Å². The highest BCUT2D eigenvalue weighted by Crippen LogP contribution is 2.23. The monoisotopic (exact) mass is 282 g/mol. The Morgan fingerprint density at radius 2 is 2.06 bits per heavy atom. The third-order valence-corrected chi connectivity index (χ3v) is 3.24. The van der Waals surface area contributed by atoms with E-state index in [1.54, 1.807) is 4.52 Å². The van der Waals surface area contributed by atoms with Gasteiger partial charge in [-0.3, -0.25) is 0 Å². The normalized spacial score (nSPS) is 12.3. The number of aromatic nitrogens is 3. The number of hydrogen-bond acceptors (Lipinski definition) is 3. The number of imidazole rings is 1. The molecule has 0 bridgehead atoms. The van der Waals surface area contributed by atoms with Crippen molar-refractivity contribution in [3.05, 3.63) is 28.1 Å². The molecule has 0 unspecified atom stereocenters. The standard InChI is InChI=1S/C11H15BrN4/c1-11(2,3)8-4-5-9-14-7(6-13)10(12)16(9)15-8/h4-5H,6,13H2,1-3H3. The predicted molar refractivity (Wildman–Crippen MR) is 67.3 cm³/mol. The summed E-state index contributed by atoms with van der Waals surface area (Å²) in [4.78, 5) is 4.38. The van der Waals surface area contributed by atoms with Gasteiger partial charge in [-0.15, -0.1) is 0 Å². The zero-order valence-electron chi connectivity index (χ0n) is 9.66. The molecule has 0 aliphatic rings. The molecule has 0 saturated heterocycles. The van der Waals surface area contributed by atoms with Crippen LogP contribution in [0.2, 0.25) is 0 Å². The lowest BCUT2D eigenvalue weighted by atomic mass is 9.92. The largest absolute Gasteiger partial charge is 0.325 e. The van der Waals surface area contributed by atoms with Crippen molar-refractivity contribution in [3.8, 4) is 0 Å². The van der Waals surface area contributed by atoms with Gasteiger partial charge < -0.3 is 5.73 Å². The van der Waals surface area contributed by atoms with Crippen LogP contribution in [-0.2, 0) is 12.0 Å². The first-order valence-corrected chi connectivity index (χ1v) is 5.97. The number of rotatable bonds is 1. The van der Waals surface area contributed by atoms with Gasteiger partial charge in [0.15, 0.2) is 5.65 Å². The molecule has 2 heterocycles. The van der Waals surface area contributed by atoms with Crippen molar-refractivity contribution >= 4 is 21.6 Å². The molecular formula is C11H15BrN4. The molecule has 86 valence electrons. The molecule has 2 rings (SSSR count). The molecular weight excluding hydrogens is 268 g/mol. The van der Waals surface area contributed by atoms with Gasteiger partial charge in [-0.2, -0.15) is 5.10 Å². The Labute approximate surface area is 103 Å². The number of nitrogens with zero attached hydrogens (tertiary/aromatic N) is 3. The summed E-state index contributed by atoms with van der Waals surface area (Å²) >= 11 is 3.47. The second-order valence-electron chi connectivity index (χ2n) is 4.79. The Kier molecular flexibility index (Phi) is 2.75. The van der Waals surface area contributed by atoms with Crippen LogP contribution in [0.3, 0.4) is 0 Å². The van der Waals surface area contributed by atoms with Gasteiger partial charge in [0.1, 0.15) is 4.60 Å². The maximum atomic E-state index is 5.60. The zero-order chi connectivity index (χ0) is 11.9. The lowest BCUT2D eigenvalue weighted by Crippen LogP contribution is -2.15. The lowest BCUT2D eigenvalue weighted by Gasteiger charge is -2.17. The summed E-state index contributed by atoms with van der Waals surface area (Å²) in [5, 5.41) is 4.57. The van der Waals surface area contributed by atoms with Gasteiger partial charge in [0, 0.05) is 12.0 Å². The zero-order valence-corrected chi connectivity index (χ0v) is 11.2. The fourth-order valence-electron chi connectivity index (χ4n) is 1.48. The van der Waals surface area contributed by atoms with E-state index in [0.29, 0.717) is 6.54 Å². The van der Waals surface area contributed by atoms with E-state index in [-0.39, 0.29) is 5.41 Å². The molecule has 0 fully saturated rings. The van der Waals surface area contributed by atoms with Crippen molar-refractivity contribution in [1.29, 1.82) is 0 Å². The Hall–Kier alpha value is -0.940. The molecule has 0 aliphatic carbocycles. The van der Waals surface area contributed by atoms with Crippen molar-refractivity contribution < 1.29 is 0 Å². The minimum atomic E-state index is 0.0285. The van der Waals surface area contributed by atoms with Crippen LogP contribution in [0.4, 0.5) is 0 Å². The van der Waals surface area contributed by atoms with E-state index >= 15 is 0 Å². The van der Waals surface area contributed by atoms with E-state index in [2.05, 4.69) is 46.8 Å². The van der Waals surface area contributed by atoms with E-state index in [4.69, 9.17) is 5.73 Å². The number of fused-ring (bicyclic) bond motifs is 1. The molecule has 4 nitrogen and oxygen atoms in total. The van der Waals surface area contributed by atoms with Crippen molar-refractivity contribution in [2.24, 2.45) is 5.73 Å². The van der Waals surface area contributed by atoms with Crippen LogP contribution in [0.5, 0.6) is 0 Å².